The Labute approximate surface area is 170 Å². The van der Waals surface area contributed by atoms with Gasteiger partial charge in [-0.3, -0.25) is 4.98 Å². The largest absolute Gasteiger partial charge is 0.303 e. The molecule has 4 rings (SSSR count). The van der Waals surface area contributed by atoms with Gasteiger partial charge in [0.05, 0.1) is 0 Å². The summed E-state index contributed by atoms with van der Waals surface area (Å²) in [7, 11) is 2.31. The number of aryl methyl sites for hydroxylation is 1. The highest BCUT2D eigenvalue weighted by Gasteiger charge is 2.55. The summed E-state index contributed by atoms with van der Waals surface area (Å²) in [5.41, 5.74) is 4.56. The van der Waals surface area contributed by atoms with Gasteiger partial charge in [0.1, 0.15) is 6.29 Å². The molecule has 0 N–H and O–H groups in total. The second kappa shape index (κ2) is 7.40. The van der Waals surface area contributed by atoms with E-state index in [4.69, 9.17) is 0 Å². The van der Waals surface area contributed by atoms with Crippen molar-refractivity contribution in [2.24, 2.45) is 23.2 Å². The van der Waals surface area contributed by atoms with Gasteiger partial charge < -0.3 is 9.69 Å². The molecule has 0 bridgehead atoms. The van der Waals surface area contributed by atoms with Crippen LogP contribution in [0.3, 0.4) is 0 Å². The first-order valence-electron chi connectivity index (χ1n) is 11.2. The Morgan fingerprint density at radius 3 is 2.75 bits per heavy atom. The number of allylic oxidation sites excluding steroid dienone is 2. The molecule has 1 saturated carbocycles. The zero-order chi connectivity index (χ0) is 19.9. The van der Waals surface area contributed by atoms with Gasteiger partial charge in [0.2, 0.25) is 0 Å². The molecule has 152 valence electrons. The van der Waals surface area contributed by atoms with Gasteiger partial charge in [0.15, 0.2) is 0 Å². The van der Waals surface area contributed by atoms with Crippen LogP contribution in [-0.2, 0) is 4.79 Å². The Morgan fingerprint density at radius 2 is 2.07 bits per heavy atom. The monoisotopic (exact) mass is 380 g/mol. The third-order valence-corrected chi connectivity index (χ3v) is 8.67. The number of rotatable bonds is 5. The van der Waals surface area contributed by atoms with Crippen LogP contribution in [0.5, 0.6) is 0 Å². The minimum atomic E-state index is 0.215. The lowest BCUT2D eigenvalue weighted by Gasteiger charge is -2.54. The molecule has 2 heterocycles. The minimum absolute atomic E-state index is 0.215. The smallest absolute Gasteiger partial charge is 0.120 e. The summed E-state index contributed by atoms with van der Waals surface area (Å²) < 4.78 is 0. The quantitative estimate of drug-likeness (QED) is 0.651. The van der Waals surface area contributed by atoms with E-state index in [9.17, 15) is 4.79 Å². The van der Waals surface area contributed by atoms with Gasteiger partial charge in [-0.15, -0.1) is 0 Å². The number of nitrogens with zero attached hydrogens (tertiary/aromatic N) is 2. The van der Waals surface area contributed by atoms with Crippen LogP contribution in [0.1, 0.15) is 69.9 Å². The van der Waals surface area contributed by atoms with Gasteiger partial charge in [-0.1, -0.05) is 13.0 Å². The summed E-state index contributed by atoms with van der Waals surface area (Å²) in [6.07, 6.45) is 15.7. The Kier molecular flexibility index (Phi) is 5.24. The van der Waals surface area contributed by atoms with Gasteiger partial charge in [-0.2, -0.15) is 0 Å². The van der Waals surface area contributed by atoms with Crippen LogP contribution in [-0.4, -0.2) is 35.3 Å². The van der Waals surface area contributed by atoms with Crippen molar-refractivity contribution in [2.75, 3.05) is 13.6 Å². The van der Waals surface area contributed by atoms with Crippen molar-refractivity contribution in [1.82, 2.24) is 9.88 Å². The van der Waals surface area contributed by atoms with Gasteiger partial charge in [0, 0.05) is 24.4 Å². The molecule has 5 unspecified atom stereocenters. The van der Waals surface area contributed by atoms with Crippen molar-refractivity contribution in [3.05, 3.63) is 35.7 Å². The van der Waals surface area contributed by atoms with E-state index in [1.165, 1.54) is 48.9 Å². The Balaban J connectivity index is 1.66. The summed E-state index contributed by atoms with van der Waals surface area (Å²) >= 11 is 0. The average molecular weight is 381 g/mol. The molecule has 0 aromatic carbocycles. The van der Waals surface area contributed by atoms with E-state index in [0.717, 1.165) is 19.1 Å². The van der Waals surface area contributed by atoms with Crippen molar-refractivity contribution >= 4 is 11.9 Å². The molecular formula is C25H36N2O. The summed E-state index contributed by atoms with van der Waals surface area (Å²) in [5, 5.41) is 0. The van der Waals surface area contributed by atoms with Crippen LogP contribution in [0, 0.1) is 30.1 Å². The Hall–Kier alpha value is -1.48. The van der Waals surface area contributed by atoms with E-state index in [2.05, 4.69) is 49.8 Å². The van der Waals surface area contributed by atoms with E-state index >= 15 is 0 Å². The molecule has 3 aliphatic rings. The minimum Gasteiger partial charge on any atom is -0.303 e. The zero-order valence-electron chi connectivity index (χ0n) is 18.1. The summed E-state index contributed by atoms with van der Waals surface area (Å²) in [5.74, 6) is 1.97. The number of pyridine rings is 1. The maximum Gasteiger partial charge on any atom is 0.120 e. The number of hydrogen-bond donors (Lipinski definition) is 0. The fraction of sp³-hybridized carbons (Fsp3) is 0.680. The SMILES string of the molecule is Cc1cncc(C2=CCC3C(CCC=O)C(C4(C)CCCN4C)CCC23C)c1. The van der Waals surface area contributed by atoms with Crippen LogP contribution < -0.4 is 0 Å². The number of aldehydes is 1. The van der Waals surface area contributed by atoms with Crippen molar-refractivity contribution in [2.45, 2.75) is 71.3 Å². The number of hydrogen-bond acceptors (Lipinski definition) is 3. The summed E-state index contributed by atoms with van der Waals surface area (Å²) in [6, 6.07) is 2.30. The van der Waals surface area contributed by atoms with E-state index in [1.54, 1.807) is 0 Å². The van der Waals surface area contributed by atoms with Crippen molar-refractivity contribution in [3.63, 3.8) is 0 Å². The van der Waals surface area contributed by atoms with Crippen LogP contribution >= 0.6 is 0 Å². The predicted molar refractivity (Wildman–Crippen MR) is 115 cm³/mol. The number of aromatic nitrogens is 1. The third kappa shape index (κ3) is 3.07. The van der Waals surface area contributed by atoms with Crippen LogP contribution in [0.25, 0.3) is 5.57 Å². The van der Waals surface area contributed by atoms with Gasteiger partial charge in [-0.25, -0.2) is 0 Å². The molecule has 1 aliphatic heterocycles. The highest BCUT2D eigenvalue weighted by Crippen LogP contribution is 2.62. The zero-order valence-corrected chi connectivity index (χ0v) is 18.1. The summed E-state index contributed by atoms with van der Waals surface area (Å²) in [4.78, 5) is 18.4. The molecule has 1 aromatic heterocycles. The first-order valence-corrected chi connectivity index (χ1v) is 11.2. The molecule has 2 aliphatic carbocycles. The van der Waals surface area contributed by atoms with Gasteiger partial charge in [-0.05, 0) is 112 Å². The maximum absolute atomic E-state index is 11.3. The molecule has 28 heavy (non-hydrogen) atoms. The molecule has 1 saturated heterocycles. The molecule has 0 radical (unpaired) electrons. The van der Waals surface area contributed by atoms with E-state index in [1.807, 2.05) is 12.4 Å². The van der Waals surface area contributed by atoms with E-state index in [-0.39, 0.29) is 5.41 Å². The normalized spacial score (nSPS) is 38.3. The number of carbonyl (C=O) groups excluding carboxylic acids is 1. The van der Waals surface area contributed by atoms with Crippen molar-refractivity contribution < 1.29 is 4.79 Å². The second-order valence-corrected chi connectivity index (χ2v) is 10.1. The Bertz CT molecular complexity index is 772. The lowest BCUT2D eigenvalue weighted by molar-refractivity contribution is -0.108. The molecule has 3 heteroatoms. The first kappa shape index (κ1) is 19.8. The van der Waals surface area contributed by atoms with Gasteiger partial charge in [0.25, 0.3) is 0 Å². The fourth-order valence-electron chi connectivity index (χ4n) is 7.03. The molecule has 1 aromatic rings. The third-order valence-electron chi connectivity index (χ3n) is 8.67. The van der Waals surface area contributed by atoms with Crippen molar-refractivity contribution in [3.8, 4) is 0 Å². The molecule has 3 nitrogen and oxygen atoms in total. The maximum atomic E-state index is 11.3. The molecular weight excluding hydrogens is 344 g/mol. The molecule has 2 fully saturated rings. The lowest BCUT2D eigenvalue weighted by Crippen LogP contribution is -2.53. The predicted octanol–water partition coefficient (Wildman–Crippen LogP) is 5.29. The van der Waals surface area contributed by atoms with Gasteiger partial charge >= 0.3 is 0 Å². The van der Waals surface area contributed by atoms with Crippen LogP contribution in [0.2, 0.25) is 0 Å². The number of carbonyl (C=O) groups is 1. The van der Waals surface area contributed by atoms with E-state index < -0.39 is 0 Å². The number of fused-ring (bicyclic) bond motifs is 1. The second-order valence-electron chi connectivity index (χ2n) is 10.1. The van der Waals surface area contributed by atoms with Crippen LogP contribution in [0.15, 0.2) is 24.5 Å². The number of likely N-dealkylation sites (tertiary alicyclic amines) is 1. The summed E-state index contributed by atoms with van der Waals surface area (Å²) in [6.45, 7) is 8.33. The standard InChI is InChI=1S/C25H36N2O/c1-18-15-19(17-26-16-18)21-8-9-22-20(7-5-14-28)23(10-12-24(21,22)2)25(3)11-6-13-27(25)4/h8,14-17,20,22-23H,5-7,9-13H2,1-4H3. The molecule has 0 spiro atoms. The fourth-order valence-corrected chi connectivity index (χ4v) is 7.03. The topological polar surface area (TPSA) is 33.2 Å². The first-order chi connectivity index (χ1) is 13.4. The van der Waals surface area contributed by atoms with Crippen LogP contribution in [0.4, 0.5) is 0 Å². The van der Waals surface area contributed by atoms with E-state index in [0.29, 0.717) is 29.7 Å². The van der Waals surface area contributed by atoms with Crippen molar-refractivity contribution in [1.29, 1.82) is 0 Å². The Morgan fingerprint density at radius 1 is 1.25 bits per heavy atom. The highest BCUT2D eigenvalue weighted by molar-refractivity contribution is 5.72. The highest BCUT2D eigenvalue weighted by atomic mass is 16.1. The molecule has 0 amide bonds. The lowest BCUT2D eigenvalue weighted by atomic mass is 9.53. The average Bonchev–Trinajstić information content (AvgIpc) is 3.19. The molecule has 5 atom stereocenters.